The van der Waals surface area contributed by atoms with Crippen LogP contribution >= 0.6 is 11.6 Å². The normalized spacial score (nSPS) is 9.64. The number of carbonyl (C=O) groups is 1. The maximum atomic E-state index is 10.4. The molecule has 0 atom stereocenters. The molecule has 0 aliphatic carbocycles. The number of aromatic nitrogens is 2. The predicted octanol–water partition coefficient (Wildman–Crippen LogP) is 0.386. The van der Waals surface area contributed by atoms with E-state index in [1.807, 2.05) is 0 Å². The number of hydrogen-bond acceptors (Lipinski definition) is 5. The van der Waals surface area contributed by atoms with E-state index in [1.54, 1.807) is 0 Å². The van der Waals surface area contributed by atoms with E-state index in [0.29, 0.717) is 5.69 Å². The van der Waals surface area contributed by atoms with Gasteiger partial charge in [0, 0.05) is 0 Å². The topological polar surface area (TPSA) is 65.2 Å². The Morgan fingerprint density at radius 1 is 1.73 bits per heavy atom. The molecule has 0 amide bonds. The molecular weight excluding hydrogens is 172 g/mol. The largest absolute Gasteiger partial charge is 0.477 e. The molecule has 1 aromatic heterocycles. The zero-order valence-electron chi connectivity index (χ0n) is 5.70. The molecule has 1 rings (SSSR count). The zero-order valence-corrected chi connectivity index (χ0v) is 6.46. The molecule has 0 aromatic carbocycles. The van der Waals surface area contributed by atoms with Crippen molar-refractivity contribution in [2.24, 2.45) is 0 Å². The third-order valence-electron chi connectivity index (χ3n) is 1.02. The van der Waals surface area contributed by atoms with E-state index in [1.165, 1.54) is 7.11 Å². The van der Waals surface area contributed by atoms with Crippen molar-refractivity contribution in [1.82, 2.24) is 10.3 Å². The standard InChI is InChI=1S/C5H5ClN2O3/c1-10-5-3(2-4(6)9)7-11-8-5/h2H2,1H3. The van der Waals surface area contributed by atoms with Crippen LogP contribution in [0.2, 0.25) is 0 Å². The van der Waals surface area contributed by atoms with Crippen LogP contribution in [-0.4, -0.2) is 22.7 Å². The summed E-state index contributed by atoms with van der Waals surface area (Å²) in [6.07, 6.45) is -0.0335. The molecule has 0 saturated heterocycles. The summed E-state index contributed by atoms with van der Waals surface area (Å²) in [6, 6.07) is 0. The van der Waals surface area contributed by atoms with Crippen molar-refractivity contribution in [1.29, 1.82) is 0 Å². The van der Waals surface area contributed by atoms with Gasteiger partial charge in [0.1, 0.15) is 0 Å². The van der Waals surface area contributed by atoms with Crippen LogP contribution in [0.15, 0.2) is 4.63 Å². The van der Waals surface area contributed by atoms with E-state index in [0.717, 1.165) is 0 Å². The quantitative estimate of drug-likeness (QED) is 0.624. The minimum Gasteiger partial charge on any atom is -0.477 e. The van der Waals surface area contributed by atoms with Gasteiger partial charge in [-0.1, -0.05) is 5.16 Å². The zero-order chi connectivity index (χ0) is 8.27. The molecule has 1 aromatic rings. The highest BCUT2D eigenvalue weighted by atomic mass is 35.5. The van der Waals surface area contributed by atoms with Gasteiger partial charge < -0.3 is 4.74 Å². The maximum absolute atomic E-state index is 10.4. The summed E-state index contributed by atoms with van der Waals surface area (Å²) in [4.78, 5) is 10.4. The molecule has 0 unspecified atom stereocenters. The van der Waals surface area contributed by atoms with Crippen molar-refractivity contribution >= 4 is 16.8 Å². The van der Waals surface area contributed by atoms with E-state index in [9.17, 15) is 4.79 Å². The third-order valence-corrected chi connectivity index (χ3v) is 1.16. The summed E-state index contributed by atoms with van der Waals surface area (Å²) in [5.74, 6) is 0.194. The monoisotopic (exact) mass is 176 g/mol. The smallest absolute Gasteiger partial charge is 0.279 e. The summed E-state index contributed by atoms with van der Waals surface area (Å²) in [5.41, 5.74) is 0.313. The molecule has 0 spiro atoms. The fraction of sp³-hybridized carbons (Fsp3) is 0.400. The highest BCUT2D eigenvalue weighted by Crippen LogP contribution is 2.12. The first kappa shape index (κ1) is 8.00. The molecule has 5 nitrogen and oxygen atoms in total. The van der Waals surface area contributed by atoms with Gasteiger partial charge >= 0.3 is 0 Å². The van der Waals surface area contributed by atoms with Crippen molar-refractivity contribution < 1.29 is 14.2 Å². The van der Waals surface area contributed by atoms with Crippen LogP contribution in [0.1, 0.15) is 5.69 Å². The molecule has 0 bridgehead atoms. The molecule has 6 heteroatoms. The Morgan fingerprint density at radius 2 is 2.45 bits per heavy atom. The van der Waals surface area contributed by atoms with Gasteiger partial charge in [0.25, 0.3) is 5.88 Å². The van der Waals surface area contributed by atoms with Crippen LogP contribution in [0.3, 0.4) is 0 Å². The van der Waals surface area contributed by atoms with Crippen LogP contribution < -0.4 is 4.74 Å². The maximum Gasteiger partial charge on any atom is 0.279 e. The Labute approximate surface area is 67.2 Å². The van der Waals surface area contributed by atoms with Gasteiger partial charge in [-0.05, 0) is 16.8 Å². The molecule has 0 fully saturated rings. The van der Waals surface area contributed by atoms with E-state index in [4.69, 9.17) is 16.3 Å². The van der Waals surface area contributed by atoms with Crippen molar-refractivity contribution in [2.45, 2.75) is 6.42 Å². The Morgan fingerprint density at radius 3 is 3.00 bits per heavy atom. The third kappa shape index (κ3) is 1.91. The number of carbonyl (C=O) groups excluding carboxylic acids is 1. The summed E-state index contributed by atoms with van der Waals surface area (Å²) in [6.45, 7) is 0. The highest BCUT2D eigenvalue weighted by molar-refractivity contribution is 6.63. The first-order valence-electron chi connectivity index (χ1n) is 2.77. The van der Waals surface area contributed by atoms with E-state index in [-0.39, 0.29) is 12.3 Å². The molecule has 0 aliphatic heterocycles. The Bertz CT molecular complexity index is 260. The van der Waals surface area contributed by atoms with Crippen LogP contribution in [0, 0.1) is 0 Å². The first-order chi connectivity index (χ1) is 5.24. The lowest BCUT2D eigenvalue weighted by molar-refractivity contribution is -0.111. The molecular formula is C5H5ClN2O3. The molecule has 1 heterocycles. The number of hydrogen-bond donors (Lipinski definition) is 0. The number of rotatable bonds is 3. The van der Waals surface area contributed by atoms with Gasteiger partial charge in [-0.3, -0.25) is 4.79 Å². The van der Waals surface area contributed by atoms with E-state index < -0.39 is 5.24 Å². The number of methoxy groups -OCH3 is 1. The van der Waals surface area contributed by atoms with Crippen LogP contribution in [0.25, 0.3) is 0 Å². The number of ether oxygens (including phenoxy) is 1. The van der Waals surface area contributed by atoms with Crippen molar-refractivity contribution in [2.75, 3.05) is 7.11 Å². The Hall–Kier alpha value is -1.10. The van der Waals surface area contributed by atoms with Crippen LogP contribution in [-0.2, 0) is 11.2 Å². The number of halogens is 1. The summed E-state index contributed by atoms with van der Waals surface area (Å²) < 4.78 is 9.01. The van der Waals surface area contributed by atoms with Gasteiger partial charge in [-0.15, -0.1) is 0 Å². The van der Waals surface area contributed by atoms with Crippen LogP contribution in [0.5, 0.6) is 5.88 Å². The Balaban J connectivity index is 2.76. The fourth-order valence-corrected chi connectivity index (χ4v) is 0.720. The predicted molar refractivity (Wildman–Crippen MR) is 35.4 cm³/mol. The molecule has 0 aliphatic rings. The second-order valence-corrected chi connectivity index (χ2v) is 2.17. The van der Waals surface area contributed by atoms with Gasteiger partial charge in [-0.25, -0.2) is 4.63 Å². The molecule has 60 valence electrons. The number of nitrogens with zero attached hydrogens (tertiary/aromatic N) is 2. The van der Waals surface area contributed by atoms with Crippen molar-refractivity contribution in [3.63, 3.8) is 0 Å². The SMILES string of the molecule is COc1nonc1CC(=O)Cl. The lowest BCUT2D eigenvalue weighted by atomic mass is 10.3. The Kier molecular flexibility index (Phi) is 2.43. The first-order valence-corrected chi connectivity index (χ1v) is 3.15. The molecule has 0 saturated carbocycles. The second-order valence-electron chi connectivity index (χ2n) is 1.75. The van der Waals surface area contributed by atoms with Crippen molar-refractivity contribution in [3.05, 3.63) is 5.69 Å². The van der Waals surface area contributed by atoms with Crippen LogP contribution in [0.4, 0.5) is 0 Å². The summed E-state index contributed by atoms with van der Waals surface area (Å²) >= 11 is 5.09. The lowest BCUT2D eigenvalue weighted by Gasteiger charge is -1.91. The second kappa shape index (κ2) is 3.34. The van der Waals surface area contributed by atoms with Crippen molar-refractivity contribution in [3.8, 4) is 5.88 Å². The van der Waals surface area contributed by atoms with Gasteiger partial charge in [0.2, 0.25) is 5.24 Å². The van der Waals surface area contributed by atoms with Gasteiger partial charge in [-0.2, -0.15) is 0 Å². The summed E-state index contributed by atoms with van der Waals surface area (Å²) in [5, 5.41) is 6.25. The lowest BCUT2D eigenvalue weighted by Crippen LogP contribution is -1.96. The average Bonchev–Trinajstić information content (AvgIpc) is 2.34. The van der Waals surface area contributed by atoms with E-state index in [2.05, 4.69) is 14.9 Å². The highest BCUT2D eigenvalue weighted by Gasteiger charge is 2.12. The summed E-state index contributed by atoms with van der Waals surface area (Å²) in [7, 11) is 1.40. The van der Waals surface area contributed by atoms with Gasteiger partial charge in [0.15, 0.2) is 5.69 Å². The van der Waals surface area contributed by atoms with Gasteiger partial charge in [0.05, 0.1) is 13.5 Å². The van der Waals surface area contributed by atoms with E-state index >= 15 is 0 Å². The molecule has 0 radical (unpaired) electrons. The molecule has 11 heavy (non-hydrogen) atoms. The minimum absolute atomic E-state index is 0.0335. The average molecular weight is 177 g/mol. The molecule has 0 N–H and O–H groups in total. The minimum atomic E-state index is -0.529. The fourth-order valence-electron chi connectivity index (χ4n) is 0.593.